The fraction of sp³-hybridized carbons (Fsp3) is 0.222. The van der Waals surface area contributed by atoms with Crippen molar-refractivity contribution >= 4 is 23.2 Å². The van der Waals surface area contributed by atoms with Gasteiger partial charge in [0.1, 0.15) is 0 Å². The van der Waals surface area contributed by atoms with Crippen molar-refractivity contribution in [2.24, 2.45) is 0 Å². The van der Waals surface area contributed by atoms with Gasteiger partial charge in [-0.05, 0) is 42.8 Å². The zero-order valence-corrected chi connectivity index (χ0v) is 12.9. The van der Waals surface area contributed by atoms with Crippen LogP contribution in [-0.2, 0) is 4.79 Å². The minimum atomic E-state index is -0.0855. The molecule has 2 aromatic rings. The van der Waals surface area contributed by atoms with E-state index in [1.807, 2.05) is 37.3 Å². The van der Waals surface area contributed by atoms with Gasteiger partial charge in [-0.15, -0.1) is 0 Å². The summed E-state index contributed by atoms with van der Waals surface area (Å²) in [6.07, 6.45) is 1.31. The molecule has 0 bridgehead atoms. The summed E-state index contributed by atoms with van der Waals surface area (Å²) in [5.74, 6) is -0.0967. The van der Waals surface area contributed by atoms with E-state index in [1.165, 1.54) is 0 Å². The van der Waals surface area contributed by atoms with Crippen LogP contribution < -0.4 is 10.2 Å². The van der Waals surface area contributed by atoms with Crippen molar-refractivity contribution in [1.29, 1.82) is 0 Å². The molecule has 0 heterocycles. The number of amides is 2. The number of nitrogens with one attached hydrogen (secondary N) is 1. The fourth-order valence-electron chi connectivity index (χ4n) is 2.11. The molecule has 0 radical (unpaired) electrons. The summed E-state index contributed by atoms with van der Waals surface area (Å²) >= 11 is 0. The van der Waals surface area contributed by atoms with Crippen LogP contribution in [0.2, 0.25) is 0 Å². The summed E-state index contributed by atoms with van der Waals surface area (Å²) in [7, 11) is 1.74. The first-order valence-electron chi connectivity index (χ1n) is 7.35. The van der Waals surface area contributed by atoms with Crippen LogP contribution in [0.3, 0.4) is 0 Å². The van der Waals surface area contributed by atoms with Crippen LogP contribution in [0, 0.1) is 0 Å². The Balaban J connectivity index is 2.06. The minimum Gasteiger partial charge on any atom is -0.326 e. The third kappa shape index (κ3) is 3.95. The predicted molar refractivity (Wildman–Crippen MR) is 89.2 cm³/mol. The lowest BCUT2D eigenvalue weighted by Gasteiger charge is -2.17. The second-order valence-corrected chi connectivity index (χ2v) is 5.08. The number of carbonyl (C=O) groups is 2. The largest absolute Gasteiger partial charge is 0.326 e. The molecule has 2 aromatic carbocycles. The van der Waals surface area contributed by atoms with Crippen molar-refractivity contribution < 1.29 is 9.59 Å². The van der Waals surface area contributed by atoms with Gasteiger partial charge in [-0.2, -0.15) is 0 Å². The molecule has 0 saturated carbocycles. The Bertz CT molecular complexity index is 636. The number of anilines is 2. The highest BCUT2D eigenvalue weighted by Crippen LogP contribution is 2.16. The lowest BCUT2D eigenvalue weighted by Crippen LogP contribution is -2.26. The fourth-order valence-corrected chi connectivity index (χ4v) is 2.11. The summed E-state index contributed by atoms with van der Waals surface area (Å²) in [5.41, 5.74) is 2.13. The molecule has 0 aliphatic heterocycles. The number of rotatable bonds is 5. The Morgan fingerprint density at radius 2 is 1.64 bits per heavy atom. The second kappa shape index (κ2) is 7.41. The summed E-state index contributed by atoms with van der Waals surface area (Å²) < 4.78 is 0. The summed E-state index contributed by atoms with van der Waals surface area (Å²) in [6.45, 7) is 1.96. The maximum Gasteiger partial charge on any atom is 0.258 e. The standard InChI is InChI=1S/C18H20N2O2/c1-3-7-17(21)19-15-12-10-14(11-13-15)18(22)20(2)16-8-5-4-6-9-16/h4-6,8-13H,3,7H2,1-2H3,(H,19,21). The number of benzene rings is 2. The third-order valence-corrected chi connectivity index (χ3v) is 3.34. The van der Waals surface area contributed by atoms with Crippen molar-refractivity contribution in [3.63, 3.8) is 0 Å². The van der Waals surface area contributed by atoms with E-state index in [0.717, 1.165) is 12.1 Å². The summed E-state index contributed by atoms with van der Waals surface area (Å²) in [5, 5.41) is 2.81. The van der Waals surface area contributed by atoms with Gasteiger partial charge in [-0.25, -0.2) is 0 Å². The van der Waals surface area contributed by atoms with E-state index in [-0.39, 0.29) is 11.8 Å². The zero-order chi connectivity index (χ0) is 15.9. The Morgan fingerprint density at radius 1 is 1.00 bits per heavy atom. The van der Waals surface area contributed by atoms with E-state index in [4.69, 9.17) is 0 Å². The van der Waals surface area contributed by atoms with Crippen molar-refractivity contribution in [3.8, 4) is 0 Å². The van der Waals surface area contributed by atoms with Gasteiger partial charge in [0.25, 0.3) is 5.91 Å². The highest BCUT2D eigenvalue weighted by atomic mass is 16.2. The van der Waals surface area contributed by atoms with Gasteiger partial charge in [0, 0.05) is 30.4 Å². The second-order valence-electron chi connectivity index (χ2n) is 5.08. The van der Waals surface area contributed by atoms with Crippen molar-refractivity contribution in [3.05, 3.63) is 60.2 Å². The molecule has 2 rings (SSSR count). The number of hydrogen-bond acceptors (Lipinski definition) is 2. The van der Waals surface area contributed by atoms with Gasteiger partial charge >= 0.3 is 0 Å². The highest BCUT2D eigenvalue weighted by molar-refractivity contribution is 6.06. The number of para-hydroxylation sites is 1. The number of carbonyl (C=O) groups excluding carboxylic acids is 2. The van der Waals surface area contributed by atoms with Gasteiger partial charge in [-0.3, -0.25) is 9.59 Å². The molecule has 0 aromatic heterocycles. The minimum absolute atomic E-state index is 0.0111. The van der Waals surface area contributed by atoms with E-state index in [1.54, 1.807) is 36.2 Å². The lowest BCUT2D eigenvalue weighted by atomic mass is 10.1. The third-order valence-electron chi connectivity index (χ3n) is 3.34. The SMILES string of the molecule is CCCC(=O)Nc1ccc(C(=O)N(C)c2ccccc2)cc1. The normalized spacial score (nSPS) is 10.1. The Hall–Kier alpha value is -2.62. The van der Waals surface area contributed by atoms with E-state index in [2.05, 4.69) is 5.32 Å². The maximum absolute atomic E-state index is 12.4. The average Bonchev–Trinajstić information content (AvgIpc) is 2.55. The zero-order valence-electron chi connectivity index (χ0n) is 12.9. The van der Waals surface area contributed by atoms with Crippen LogP contribution in [0.15, 0.2) is 54.6 Å². The molecule has 1 N–H and O–H groups in total. The van der Waals surface area contributed by atoms with Crippen LogP contribution >= 0.6 is 0 Å². The molecule has 0 unspecified atom stereocenters. The van der Waals surface area contributed by atoms with Gasteiger partial charge < -0.3 is 10.2 Å². The molecule has 0 atom stereocenters. The van der Waals surface area contributed by atoms with Crippen LogP contribution in [0.1, 0.15) is 30.1 Å². The molecular formula is C18H20N2O2. The average molecular weight is 296 g/mol. The first-order chi connectivity index (χ1) is 10.6. The highest BCUT2D eigenvalue weighted by Gasteiger charge is 2.13. The van der Waals surface area contributed by atoms with Crippen LogP contribution in [0.25, 0.3) is 0 Å². The van der Waals surface area contributed by atoms with Gasteiger partial charge in [0.05, 0.1) is 0 Å². The van der Waals surface area contributed by atoms with E-state index in [9.17, 15) is 9.59 Å². The molecule has 0 fully saturated rings. The first-order valence-corrected chi connectivity index (χ1v) is 7.35. The van der Waals surface area contributed by atoms with Crippen LogP contribution in [0.4, 0.5) is 11.4 Å². The summed E-state index contributed by atoms with van der Waals surface area (Å²) in [4.78, 5) is 25.6. The number of hydrogen-bond donors (Lipinski definition) is 1. The molecular weight excluding hydrogens is 276 g/mol. The first kappa shape index (κ1) is 15.8. The smallest absolute Gasteiger partial charge is 0.258 e. The van der Waals surface area contributed by atoms with Gasteiger partial charge in [0.2, 0.25) is 5.91 Å². The van der Waals surface area contributed by atoms with Gasteiger partial charge in [-0.1, -0.05) is 25.1 Å². The van der Waals surface area contributed by atoms with Crippen LogP contribution in [-0.4, -0.2) is 18.9 Å². The van der Waals surface area contributed by atoms with Gasteiger partial charge in [0.15, 0.2) is 0 Å². The monoisotopic (exact) mass is 296 g/mol. The molecule has 2 amide bonds. The Morgan fingerprint density at radius 3 is 2.23 bits per heavy atom. The molecule has 0 aliphatic carbocycles. The quantitative estimate of drug-likeness (QED) is 0.914. The van der Waals surface area contributed by atoms with Crippen LogP contribution in [0.5, 0.6) is 0 Å². The molecule has 22 heavy (non-hydrogen) atoms. The number of nitrogens with zero attached hydrogens (tertiary/aromatic N) is 1. The lowest BCUT2D eigenvalue weighted by molar-refractivity contribution is -0.116. The van der Waals surface area contributed by atoms with E-state index >= 15 is 0 Å². The van der Waals surface area contributed by atoms with E-state index < -0.39 is 0 Å². The molecule has 4 nitrogen and oxygen atoms in total. The van der Waals surface area contributed by atoms with Crippen molar-refractivity contribution in [2.45, 2.75) is 19.8 Å². The van der Waals surface area contributed by atoms with Crippen molar-refractivity contribution in [1.82, 2.24) is 0 Å². The maximum atomic E-state index is 12.4. The molecule has 4 heteroatoms. The molecule has 0 spiro atoms. The Kier molecular flexibility index (Phi) is 5.31. The Labute approximate surface area is 130 Å². The summed E-state index contributed by atoms with van der Waals surface area (Å²) in [6, 6.07) is 16.4. The topological polar surface area (TPSA) is 49.4 Å². The van der Waals surface area contributed by atoms with Crippen molar-refractivity contribution in [2.75, 3.05) is 17.3 Å². The van der Waals surface area contributed by atoms with E-state index in [0.29, 0.717) is 17.7 Å². The molecule has 0 saturated heterocycles. The molecule has 0 aliphatic rings. The predicted octanol–water partition coefficient (Wildman–Crippen LogP) is 3.70. The molecule has 114 valence electrons.